The lowest BCUT2D eigenvalue weighted by Crippen LogP contribution is -1.91. The van der Waals surface area contributed by atoms with Gasteiger partial charge < -0.3 is 4.98 Å². The fourth-order valence-corrected chi connectivity index (χ4v) is 1.49. The van der Waals surface area contributed by atoms with Gasteiger partial charge in [0.2, 0.25) is 0 Å². The summed E-state index contributed by atoms with van der Waals surface area (Å²) in [6.07, 6.45) is 5.08. The summed E-state index contributed by atoms with van der Waals surface area (Å²) in [6.45, 7) is 8.94. The number of rotatable bonds is 2. The summed E-state index contributed by atoms with van der Waals surface area (Å²) in [6, 6.07) is 8.88. The number of benzene rings is 1. The van der Waals surface area contributed by atoms with E-state index >= 15 is 0 Å². The van der Waals surface area contributed by atoms with Crippen molar-refractivity contribution in [2.75, 3.05) is 0 Å². The summed E-state index contributed by atoms with van der Waals surface area (Å²) >= 11 is 0. The molecule has 2 nitrogen and oxygen atoms in total. The highest BCUT2D eigenvalue weighted by Gasteiger charge is 2.02. The zero-order valence-corrected chi connectivity index (χ0v) is 12.4. The van der Waals surface area contributed by atoms with E-state index in [1.54, 1.807) is 18.7 Å². The minimum absolute atomic E-state index is 0. The van der Waals surface area contributed by atoms with E-state index in [1.807, 2.05) is 0 Å². The number of aromatic amines is 1. The van der Waals surface area contributed by atoms with E-state index in [1.165, 1.54) is 11.1 Å². The first kappa shape index (κ1) is 16.7. The maximum Gasteiger partial charge on any atom is 0.0919 e. The van der Waals surface area contributed by atoms with Crippen molar-refractivity contribution in [1.82, 2.24) is 9.97 Å². The molecule has 0 aliphatic carbocycles. The Hall–Kier alpha value is -1.28. The molecule has 0 aliphatic heterocycles. The van der Waals surface area contributed by atoms with Gasteiger partial charge in [0.15, 0.2) is 0 Å². The van der Waals surface area contributed by atoms with Gasteiger partial charge in [-0.15, -0.1) is 12.4 Å². The van der Waals surface area contributed by atoms with Gasteiger partial charge in [-0.2, -0.15) is 0 Å². The van der Waals surface area contributed by atoms with Crippen LogP contribution in [0.1, 0.15) is 50.7 Å². The molecule has 0 saturated carbocycles. The molecule has 0 unspecified atom stereocenters. The Balaban J connectivity index is 0.000000405. The zero-order valence-electron chi connectivity index (χ0n) is 11.6. The van der Waals surface area contributed by atoms with Gasteiger partial charge in [-0.1, -0.05) is 52.0 Å². The largest absolute Gasteiger partial charge is 0.351 e. The van der Waals surface area contributed by atoms with Crippen molar-refractivity contribution >= 4 is 12.4 Å². The zero-order chi connectivity index (χ0) is 12.7. The molecule has 0 fully saturated rings. The van der Waals surface area contributed by atoms with E-state index in [-0.39, 0.29) is 12.4 Å². The molecule has 0 saturated heterocycles. The predicted octanol–water partition coefficient (Wildman–Crippen LogP) is 4.76. The predicted molar refractivity (Wildman–Crippen MR) is 80.5 cm³/mol. The monoisotopic (exact) mass is 266 g/mol. The second-order valence-electron chi connectivity index (χ2n) is 4.74. The van der Waals surface area contributed by atoms with E-state index in [0.29, 0.717) is 11.8 Å². The second-order valence-corrected chi connectivity index (χ2v) is 4.74. The fraction of sp³-hybridized carbons (Fsp3) is 0.400. The Morgan fingerprint density at radius 2 is 1.56 bits per heavy atom. The third-order valence-electron chi connectivity index (χ3n) is 2.65. The van der Waals surface area contributed by atoms with Crippen molar-refractivity contribution in [3.8, 4) is 0 Å². The fourth-order valence-electron chi connectivity index (χ4n) is 1.49. The van der Waals surface area contributed by atoms with Gasteiger partial charge in [0.1, 0.15) is 0 Å². The summed E-state index contributed by atoms with van der Waals surface area (Å²) in [5.41, 5.74) is 2.89. The summed E-state index contributed by atoms with van der Waals surface area (Å²) in [4.78, 5) is 6.42. The van der Waals surface area contributed by atoms with Gasteiger partial charge in [-0.25, -0.2) is 4.98 Å². The number of H-pyrrole nitrogens is 1. The molecule has 1 aromatic heterocycles. The summed E-state index contributed by atoms with van der Waals surface area (Å²) < 4.78 is 0. The topological polar surface area (TPSA) is 28.7 Å². The lowest BCUT2D eigenvalue weighted by atomic mass is 9.96. The number of nitrogens with zero attached hydrogens (tertiary/aromatic N) is 1. The van der Waals surface area contributed by atoms with Crippen LogP contribution < -0.4 is 0 Å². The van der Waals surface area contributed by atoms with E-state index in [4.69, 9.17) is 0 Å². The molecular weight excluding hydrogens is 244 g/mol. The Morgan fingerprint density at radius 3 is 1.83 bits per heavy atom. The van der Waals surface area contributed by atoms with Crippen LogP contribution in [0.15, 0.2) is 43.0 Å². The molecule has 0 spiro atoms. The van der Waals surface area contributed by atoms with Gasteiger partial charge >= 0.3 is 0 Å². The van der Waals surface area contributed by atoms with Crippen molar-refractivity contribution < 1.29 is 0 Å². The van der Waals surface area contributed by atoms with E-state index < -0.39 is 0 Å². The van der Waals surface area contributed by atoms with Crippen LogP contribution in [-0.2, 0) is 0 Å². The van der Waals surface area contributed by atoms with Crippen molar-refractivity contribution in [3.63, 3.8) is 0 Å². The van der Waals surface area contributed by atoms with Gasteiger partial charge in [0.05, 0.1) is 6.33 Å². The quantitative estimate of drug-likeness (QED) is 0.834. The van der Waals surface area contributed by atoms with Gasteiger partial charge in [-0.05, 0) is 23.0 Å². The number of hydrogen-bond acceptors (Lipinski definition) is 1. The van der Waals surface area contributed by atoms with E-state index in [2.05, 4.69) is 61.9 Å². The average Bonchev–Trinajstić information content (AvgIpc) is 2.87. The molecule has 0 radical (unpaired) electrons. The number of aromatic nitrogens is 2. The Labute approximate surface area is 116 Å². The minimum Gasteiger partial charge on any atom is -0.351 e. The molecule has 1 aromatic carbocycles. The third kappa shape index (κ3) is 5.87. The van der Waals surface area contributed by atoms with Gasteiger partial charge in [0.25, 0.3) is 0 Å². The maximum atomic E-state index is 3.67. The Kier molecular flexibility index (Phi) is 8.14. The van der Waals surface area contributed by atoms with Crippen LogP contribution in [-0.4, -0.2) is 9.97 Å². The van der Waals surface area contributed by atoms with Crippen molar-refractivity contribution in [2.45, 2.75) is 39.5 Å². The Morgan fingerprint density at radius 1 is 1.00 bits per heavy atom. The highest BCUT2D eigenvalue weighted by molar-refractivity contribution is 5.85. The molecule has 0 amide bonds. The molecule has 0 atom stereocenters. The SMILES string of the molecule is CC(C)c1cccc(C(C)C)c1.Cl.c1c[nH]cn1. The lowest BCUT2D eigenvalue weighted by Gasteiger charge is -2.09. The molecule has 1 heterocycles. The normalized spacial score (nSPS) is 9.67. The van der Waals surface area contributed by atoms with Crippen LogP contribution in [0.2, 0.25) is 0 Å². The van der Waals surface area contributed by atoms with Gasteiger partial charge in [-0.3, -0.25) is 0 Å². The molecule has 3 heteroatoms. The lowest BCUT2D eigenvalue weighted by molar-refractivity contribution is 0.834. The van der Waals surface area contributed by atoms with Crippen LogP contribution in [0.4, 0.5) is 0 Å². The minimum atomic E-state index is 0. The third-order valence-corrected chi connectivity index (χ3v) is 2.65. The first-order valence-corrected chi connectivity index (χ1v) is 6.14. The second kappa shape index (κ2) is 8.76. The summed E-state index contributed by atoms with van der Waals surface area (Å²) in [5.74, 6) is 1.28. The van der Waals surface area contributed by atoms with Crippen molar-refractivity contribution in [3.05, 3.63) is 54.1 Å². The van der Waals surface area contributed by atoms with E-state index in [0.717, 1.165) is 0 Å². The molecule has 100 valence electrons. The number of nitrogens with one attached hydrogen (secondary N) is 1. The van der Waals surface area contributed by atoms with Crippen LogP contribution in [0.3, 0.4) is 0 Å². The van der Waals surface area contributed by atoms with Crippen LogP contribution in [0, 0.1) is 0 Å². The average molecular weight is 267 g/mol. The summed E-state index contributed by atoms with van der Waals surface area (Å²) in [5, 5.41) is 0. The smallest absolute Gasteiger partial charge is 0.0919 e. The van der Waals surface area contributed by atoms with Crippen LogP contribution in [0.5, 0.6) is 0 Å². The number of imidazole rings is 1. The van der Waals surface area contributed by atoms with Crippen LogP contribution in [0.25, 0.3) is 0 Å². The number of halogens is 1. The Bertz CT molecular complexity index is 368. The van der Waals surface area contributed by atoms with Crippen molar-refractivity contribution in [1.29, 1.82) is 0 Å². The highest BCUT2D eigenvalue weighted by Crippen LogP contribution is 2.20. The first-order chi connectivity index (χ1) is 8.11. The molecular formula is C15H23ClN2. The van der Waals surface area contributed by atoms with E-state index in [9.17, 15) is 0 Å². The standard InChI is InChI=1S/C12H18.C3H4N2.ClH/c1-9(2)11-6-5-7-12(8-11)10(3)4;1-2-5-3-4-1;/h5-10H,1-4H3;1-3H,(H,4,5);1H. The summed E-state index contributed by atoms with van der Waals surface area (Å²) in [7, 11) is 0. The number of hydrogen-bond donors (Lipinski definition) is 1. The molecule has 2 rings (SSSR count). The maximum absolute atomic E-state index is 3.67. The molecule has 0 bridgehead atoms. The van der Waals surface area contributed by atoms with Crippen molar-refractivity contribution in [2.24, 2.45) is 0 Å². The van der Waals surface area contributed by atoms with Gasteiger partial charge in [0, 0.05) is 12.4 Å². The first-order valence-electron chi connectivity index (χ1n) is 6.14. The van der Waals surface area contributed by atoms with Crippen LogP contribution >= 0.6 is 12.4 Å². The molecule has 2 aromatic rings. The molecule has 0 aliphatic rings. The molecule has 1 N–H and O–H groups in total. The highest BCUT2D eigenvalue weighted by atomic mass is 35.5. The molecule has 18 heavy (non-hydrogen) atoms.